The molecule has 0 bridgehead atoms. The Bertz CT molecular complexity index is 681. The molecule has 134 valence electrons. The lowest BCUT2D eigenvalue weighted by Crippen LogP contribution is -2.48. The van der Waals surface area contributed by atoms with Crippen LogP contribution in [-0.2, 0) is 14.8 Å². The molecule has 0 radical (unpaired) electrons. The molecule has 1 aliphatic carbocycles. The molecular weight excluding hydrogens is 368 g/mol. The minimum absolute atomic E-state index is 0.148. The van der Waals surface area contributed by atoms with Crippen molar-refractivity contribution in [3.05, 3.63) is 16.5 Å². The Balaban J connectivity index is 1.71. The number of amides is 1. The molecule has 1 atom stereocenters. The predicted octanol–water partition coefficient (Wildman–Crippen LogP) is 3.39. The molecule has 2 fully saturated rings. The quantitative estimate of drug-likeness (QED) is 0.801. The van der Waals surface area contributed by atoms with Gasteiger partial charge in [-0.3, -0.25) is 4.79 Å². The maximum absolute atomic E-state index is 12.8. The van der Waals surface area contributed by atoms with E-state index in [1.807, 2.05) is 0 Å². The largest absolute Gasteiger partial charge is 0.352 e. The van der Waals surface area contributed by atoms with Crippen molar-refractivity contribution in [2.75, 3.05) is 6.54 Å². The molecule has 0 spiro atoms. The highest BCUT2D eigenvalue weighted by Crippen LogP contribution is 2.32. The van der Waals surface area contributed by atoms with Gasteiger partial charge in [0.05, 0.1) is 4.34 Å². The van der Waals surface area contributed by atoms with E-state index in [1.54, 1.807) is 6.07 Å². The highest BCUT2D eigenvalue weighted by Gasteiger charge is 2.40. The second-order valence-electron chi connectivity index (χ2n) is 6.53. The van der Waals surface area contributed by atoms with Crippen LogP contribution in [0.4, 0.5) is 0 Å². The molecule has 1 aromatic rings. The van der Waals surface area contributed by atoms with Crippen molar-refractivity contribution >= 4 is 38.9 Å². The van der Waals surface area contributed by atoms with Crippen LogP contribution in [0.15, 0.2) is 16.3 Å². The lowest BCUT2D eigenvalue weighted by atomic mass is 10.1. The highest BCUT2D eigenvalue weighted by molar-refractivity contribution is 7.91. The lowest BCUT2D eigenvalue weighted by Gasteiger charge is -2.25. The summed E-state index contributed by atoms with van der Waals surface area (Å²) >= 11 is 6.91. The van der Waals surface area contributed by atoms with Crippen molar-refractivity contribution in [3.63, 3.8) is 0 Å². The van der Waals surface area contributed by atoms with Crippen LogP contribution in [0.25, 0.3) is 0 Å². The van der Waals surface area contributed by atoms with Crippen LogP contribution in [0.2, 0.25) is 4.34 Å². The Labute approximate surface area is 152 Å². The third kappa shape index (κ3) is 3.95. The van der Waals surface area contributed by atoms with Gasteiger partial charge in [0.2, 0.25) is 5.91 Å². The normalized spacial score (nSPS) is 24.0. The van der Waals surface area contributed by atoms with Crippen molar-refractivity contribution in [1.29, 1.82) is 0 Å². The predicted molar refractivity (Wildman–Crippen MR) is 95.9 cm³/mol. The van der Waals surface area contributed by atoms with Gasteiger partial charge in [0.25, 0.3) is 10.0 Å². The fraction of sp³-hybridized carbons (Fsp3) is 0.688. The smallest absolute Gasteiger partial charge is 0.253 e. The number of nitrogens with zero attached hydrogens (tertiary/aromatic N) is 1. The van der Waals surface area contributed by atoms with E-state index in [9.17, 15) is 13.2 Å². The van der Waals surface area contributed by atoms with Gasteiger partial charge in [-0.2, -0.15) is 4.31 Å². The Morgan fingerprint density at radius 1 is 1.12 bits per heavy atom. The molecular formula is C16H23ClN2O3S2. The van der Waals surface area contributed by atoms with Gasteiger partial charge in [0.15, 0.2) is 0 Å². The molecule has 1 saturated heterocycles. The van der Waals surface area contributed by atoms with Crippen molar-refractivity contribution in [3.8, 4) is 0 Å². The summed E-state index contributed by atoms with van der Waals surface area (Å²) in [6.45, 7) is 0.389. The second-order valence-corrected chi connectivity index (χ2v) is 10.4. The summed E-state index contributed by atoms with van der Waals surface area (Å²) in [5, 5.41) is 3.09. The number of carbonyl (C=O) groups excluding carboxylic acids is 1. The zero-order valence-corrected chi connectivity index (χ0v) is 15.9. The van der Waals surface area contributed by atoms with Crippen LogP contribution in [0, 0.1) is 0 Å². The molecule has 2 heterocycles. The number of thiophene rings is 1. The molecule has 2 aliphatic rings. The van der Waals surface area contributed by atoms with E-state index in [0.29, 0.717) is 23.7 Å². The summed E-state index contributed by atoms with van der Waals surface area (Å²) in [6, 6.07) is 2.68. The van der Waals surface area contributed by atoms with Crippen molar-refractivity contribution in [1.82, 2.24) is 9.62 Å². The van der Waals surface area contributed by atoms with Crippen LogP contribution in [0.1, 0.15) is 51.4 Å². The number of nitrogens with one attached hydrogen (secondary N) is 1. The van der Waals surface area contributed by atoms with Gasteiger partial charge < -0.3 is 5.32 Å². The first-order valence-electron chi connectivity index (χ1n) is 8.56. The van der Waals surface area contributed by atoms with Crippen LogP contribution >= 0.6 is 22.9 Å². The third-order valence-corrected chi connectivity index (χ3v) is 8.43. The topological polar surface area (TPSA) is 66.5 Å². The van der Waals surface area contributed by atoms with Gasteiger partial charge in [-0.05, 0) is 37.8 Å². The number of halogens is 1. The molecule has 5 nitrogen and oxygen atoms in total. The average molecular weight is 391 g/mol. The van der Waals surface area contributed by atoms with E-state index in [2.05, 4.69) is 5.32 Å². The first kappa shape index (κ1) is 18.2. The third-order valence-electron chi connectivity index (χ3n) is 4.82. The number of carbonyl (C=O) groups is 1. The van der Waals surface area contributed by atoms with E-state index >= 15 is 0 Å². The molecule has 0 unspecified atom stereocenters. The fourth-order valence-corrected chi connectivity index (χ4v) is 6.83. The Kier molecular flexibility index (Phi) is 5.85. The van der Waals surface area contributed by atoms with Gasteiger partial charge in [-0.15, -0.1) is 11.3 Å². The average Bonchev–Trinajstić information content (AvgIpc) is 3.13. The SMILES string of the molecule is O=C(NC1CCCCCC1)[C@@H]1CCCN1S(=O)(=O)c1ccc(Cl)s1. The van der Waals surface area contributed by atoms with Crippen molar-refractivity contribution < 1.29 is 13.2 Å². The summed E-state index contributed by atoms with van der Waals surface area (Å²) in [5.41, 5.74) is 0. The van der Waals surface area contributed by atoms with E-state index in [-0.39, 0.29) is 16.2 Å². The Hall–Kier alpha value is -0.630. The minimum atomic E-state index is -3.65. The van der Waals surface area contributed by atoms with Gasteiger partial charge in [-0.25, -0.2) is 8.42 Å². The summed E-state index contributed by atoms with van der Waals surface area (Å²) in [4.78, 5) is 12.7. The number of hydrogen-bond donors (Lipinski definition) is 1. The minimum Gasteiger partial charge on any atom is -0.352 e. The second kappa shape index (κ2) is 7.72. The first-order chi connectivity index (χ1) is 11.5. The van der Waals surface area contributed by atoms with E-state index in [0.717, 1.165) is 37.0 Å². The van der Waals surface area contributed by atoms with Gasteiger partial charge in [0.1, 0.15) is 10.3 Å². The van der Waals surface area contributed by atoms with Gasteiger partial charge >= 0.3 is 0 Å². The van der Waals surface area contributed by atoms with Crippen molar-refractivity contribution in [2.24, 2.45) is 0 Å². The molecule has 1 aromatic heterocycles. The van der Waals surface area contributed by atoms with Gasteiger partial charge in [-0.1, -0.05) is 37.3 Å². The summed E-state index contributed by atoms with van der Waals surface area (Å²) in [7, 11) is -3.65. The number of hydrogen-bond acceptors (Lipinski definition) is 4. The first-order valence-corrected chi connectivity index (χ1v) is 11.2. The summed E-state index contributed by atoms with van der Waals surface area (Å²) in [6.07, 6.45) is 7.97. The zero-order chi connectivity index (χ0) is 17.2. The Morgan fingerprint density at radius 2 is 1.83 bits per heavy atom. The van der Waals surface area contributed by atoms with Gasteiger partial charge in [0, 0.05) is 12.6 Å². The molecule has 1 amide bonds. The van der Waals surface area contributed by atoms with E-state index in [1.165, 1.54) is 23.2 Å². The van der Waals surface area contributed by atoms with Crippen LogP contribution in [-0.4, -0.2) is 37.3 Å². The molecule has 1 aliphatic heterocycles. The molecule has 0 aromatic carbocycles. The maximum atomic E-state index is 12.8. The highest BCUT2D eigenvalue weighted by atomic mass is 35.5. The Morgan fingerprint density at radius 3 is 2.46 bits per heavy atom. The monoisotopic (exact) mass is 390 g/mol. The van der Waals surface area contributed by atoms with Crippen LogP contribution in [0.3, 0.4) is 0 Å². The molecule has 24 heavy (non-hydrogen) atoms. The summed E-state index contributed by atoms with van der Waals surface area (Å²) in [5.74, 6) is -0.148. The van der Waals surface area contributed by atoms with E-state index in [4.69, 9.17) is 11.6 Å². The molecule has 1 saturated carbocycles. The summed E-state index contributed by atoms with van der Waals surface area (Å²) < 4.78 is 27.6. The van der Waals surface area contributed by atoms with Crippen LogP contribution < -0.4 is 5.32 Å². The maximum Gasteiger partial charge on any atom is 0.253 e. The number of rotatable bonds is 4. The molecule has 3 rings (SSSR count). The standard InChI is InChI=1S/C16H23ClN2O3S2/c17-14-9-10-15(23-14)24(21,22)19-11-5-8-13(19)16(20)18-12-6-3-1-2-4-7-12/h9-10,12-13H,1-8,11H2,(H,18,20)/t13-/m0/s1. The molecule has 8 heteroatoms. The number of sulfonamides is 1. The molecule has 1 N–H and O–H groups in total. The fourth-order valence-electron chi connectivity index (χ4n) is 3.56. The van der Waals surface area contributed by atoms with E-state index < -0.39 is 16.1 Å². The zero-order valence-electron chi connectivity index (χ0n) is 13.5. The van der Waals surface area contributed by atoms with Crippen molar-refractivity contribution in [2.45, 2.75) is 67.7 Å². The van der Waals surface area contributed by atoms with Crippen LogP contribution in [0.5, 0.6) is 0 Å². The lowest BCUT2D eigenvalue weighted by molar-refractivity contribution is -0.125.